The number of hydrogen-bond donors (Lipinski definition) is 1. The molecule has 3 rings (SSSR count). The largest absolute Gasteiger partial charge is 0.483 e. The average Bonchev–Trinajstić information content (AvgIpc) is 3.29. The van der Waals surface area contributed by atoms with Crippen LogP contribution in [0, 0.1) is 0 Å². The normalized spacial score (nSPS) is 14.8. The molecule has 2 aromatic carbocycles. The molecule has 2 amide bonds. The number of nitrogens with zero attached hydrogens (tertiary/aromatic N) is 1. The van der Waals surface area contributed by atoms with Gasteiger partial charge in [0.1, 0.15) is 11.8 Å². The van der Waals surface area contributed by atoms with E-state index in [1.165, 1.54) is 5.56 Å². The van der Waals surface area contributed by atoms with Crippen LogP contribution in [-0.2, 0) is 16.1 Å². The molecule has 1 aliphatic carbocycles. The van der Waals surface area contributed by atoms with E-state index >= 15 is 0 Å². The van der Waals surface area contributed by atoms with Crippen LogP contribution in [-0.4, -0.2) is 35.4 Å². The van der Waals surface area contributed by atoms with Gasteiger partial charge in [-0.3, -0.25) is 9.59 Å². The molecule has 0 saturated heterocycles. The molecule has 1 atom stereocenters. The Labute approximate surface area is 210 Å². The minimum Gasteiger partial charge on any atom is -0.483 e. The second-order valence-corrected chi connectivity index (χ2v) is 10.2. The summed E-state index contributed by atoms with van der Waals surface area (Å²) in [5.74, 6) is 0.589. The fourth-order valence-electron chi connectivity index (χ4n) is 4.02. The van der Waals surface area contributed by atoms with E-state index in [1.807, 2.05) is 36.4 Å². The van der Waals surface area contributed by atoms with E-state index in [2.05, 4.69) is 35.1 Å². The SMILES string of the molecule is CC(C)c1ccc(OCC(=O)N(Cc2cccc(Cl)c2)[C@@H](C)C(=O)NC2CCCC2)c(Br)c1. The molecule has 1 N–H and O–H groups in total. The van der Waals surface area contributed by atoms with E-state index in [4.69, 9.17) is 16.3 Å². The van der Waals surface area contributed by atoms with Crippen LogP contribution in [0.15, 0.2) is 46.9 Å². The summed E-state index contributed by atoms with van der Waals surface area (Å²) >= 11 is 9.68. The van der Waals surface area contributed by atoms with Gasteiger partial charge in [-0.1, -0.05) is 56.5 Å². The van der Waals surface area contributed by atoms with Crippen LogP contribution in [0.1, 0.15) is 63.5 Å². The molecule has 0 aliphatic heterocycles. The van der Waals surface area contributed by atoms with Crippen LogP contribution < -0.4 is 10.1 Å². The number of ether oxygens (including phenoxy) is 1. The van der Waals surface area contributed by atoms with Gasteiger partial charge in [-0.05, 0) is 77.0 Å². The third-order valence-corrected chi connectivity index (χ3v) is 6.94. The van der Waals surface area contributed by atoms with Gasteiger partial charge in [0.2, 0.25) is 5.91 Å². The molecule has 1 fully saturated rings. The predicted octanol–water partition coefficient (Wildman–Crippen LogP) is 6.08. The molecular formula is C26H32BrClN2O3. The number of hydrogen-bond acceptors (Lipinski definition) is 3. The number of carbonyl (C=O) groups is 2. The molecule has 178 valence electrons. The minimum absolute atomic E-state index is 0.139. The van der Waals surface area contributed by atoms with Gasteiger partial charge in [0.15, 0.2) is 6.61 Å². The molecule has 0 bridgehead atoms. The summed E-state index contributed by atoms with van der Waals surface area (Å²) in [6, 6.07) is 12.8. The molecule has 7 heteroatoms. The summed E-state index contributed by atoms with van der Waals surface area (Å²) in [7, 11) is 0. The number of rotatable bonds is 9. The van der Waals surface area contributed by atoms with Crippen LogP contribution >= 0.6 is 27.5 Å². The zero-order valence-corrected chi connectivity index (χ0v) is 21.8. The van der Waals surface area contributed by atoms with Gasteiger partial charge in [-0.25, -0.2) is 0 Å². The fourth-order valence-corrected chi connectivity index (χ4v) is 4.75. The first-order valence-corrected chi connectivity index (χ1v) is 12.7. The lowest BCUT2D eigenvalue weighted by molar-refractivity contribution is -0.142. The van der Waals surface area contributed by atoms with Gasteiger partial charge in [0.05, 0.1) is 4.47 Å². The first-order valence-electron chi connectivity index (χ1n) is 11.5. The van der Waals surface area contributed by atoms with E-state index in [1.54, 1.807) is 17.9 Å². The molecule has 0 spiro atoms. The van der Waals surface area contributed by atoms with E-state index < -0.39 is 6.04 Å². The highest BCUT2D eigenvalue weighted by Crippen LogP contribution is 2.29. The van der Waals surface area contributed by atoms with E-state index in [0.717, 1.165) is 35.7 Å². The van der Waals surface area contributed by atoms with Crippen LogP contribution in [0.5, 0.6) is 5.75 Å². The molecule has 1 aliphatic rings. The van der Waals surface area contributed by atoms with Crippen molar-refractivity contribution in [1.82, 2.24) is 10.2 Å². The van der Waals surface area contributed by atoms with Gasteiger partial charge >= 0.3 is 0 Å². The lowest BCUT2D eigenvalue weighted by atomic mass is 10.0. The third kappa shape index (κ3) is 7.21. The van der Waals surface area contributed by atoms with Crippen molar-refractivity contribution in [3.05, 3.63) is 63.1 Å². The summed E-state index contributed by atoms with van der Waals surface area (Å²) in [6.45, 7) is 6.12. The zero-order valence-electron chi connectivity index (χ0n) is 19.4. The highest BCUT2D eigenvalue weighted by Gasteiger charge is 2.29. The highest BCUT2D eigenvalue weighted by atomic mass is 79.9. The molecule has 0 heterocycles. The lowest BCUT2D eigenvalue weighted by Gasteiger charge is -2.29. The van der Waals surface area contributed by atoms with Gasteiger partial charge in [-0.2, -0.15) is 0 Å². The maximum atomic E-state index is 13.2. The zero-order chi connectivity index (χ0) is 24.0. The van der Waals surface area contributed by atoms with Crippen molar-refractivity contribution in [3.8, 4) is 5.75 Å². The van der Waals surface area contributed by atoms with Crippen LogP contribution in [0.4, 0.5) is 0 Å². The molecule has 0 radical (unpaired) electrons. The third-order valence-electron chi connectivity index (χ3n) is 6.08. The maximum absolute atomic E-state index is 13.2. The van der Waals surface area contributed by atoms with Crippen molar-refractivity contribution in [2.24, 2.45) is 0 Å². The first-order chi connectivity index (χ1) is 15.7. The molecule has 33 heavy (non-hydrogen) atoms. The number of carbonyl (C=O) groups excluding carboxylic acids is 2. The standard InChI is InChI=1S/C26H32BrClN2O3/c1-17(2)20-11-12-24(23(27)14-20)33-16-25(31)30(15-19-7-6-8-21(28)13-19)18(3)26(32)29-22-9-4-5-10-22/h6-8,11-14,17-18,22H,4-5,9-10,15-16H2,1-3H3,(H,29,32)/t18-/m0/s1. The molecule has 0 aromatic heterocycles. The van der Waals surface area contributed by atoms with Crippen LogP contribution in [0.3, 0.4) is 0 Å². The number of nitrogens with one attached hydrogen (secondary N) is 1. The Bertz CT molecular complexity index is 976. The maximum Gasteiger partial charge on any atom is 0.261 e. The second kappa shape index (κ2) is 11.9. The van der Waals surface area contributed by atoms with E-state index in [-0.39, 0.29) is 31.0 Å². The summed E-state index contributed by atoms with van der Waals surface area (Å²) in [4.78, 5) is 27.8. The average molecular weight is 536 g/mol. The Hall–Kier alpha value is -2.05. The van der Waals surface area contributed by atoms with Gasteiger partial charge < -0.3 is 15.0 Å². The summed E-state index contributed by atoms with van der Waals surface area (Å²) in [5, 5.41) is 3.69. The Balaban J connectivity index is 1.72. The number of amides is 2. The van der Waals surface area contributed by atoms with E-state index in [0.29, 0.717) is 16.7 Å². The summed E-state index contributed by atoms with van der Waals surface area (Å²) in [6.07, 6.45) is 4.24. The van der Waals surface area contributed by atoms with Gasteiger partial charge in [0, 0.05) is 17.6 Å². The second-order valence-electron chi connectivity index (χ2n) is 8.95. The summed E-state index contributed by atoms with van der Waals surface area (Å²) in [5.41, 5.74) is 2.04. The van der Waals surface area contributed by atoms with Crippen molar-refractivity contribution in [2.75, 3.05) is 6.61 Å². The minimum atomic E-state index is -0.632. The molecular weight excluding hydrogens is 504 g/mol. The van der Waals surface area contributed by atoms with Gasteiger partial charge in [-0.15, -0.1) is 0 Å². The number of halogens is 2. The van der Waals surface area contributed by atoms with Crippen molar-refractivity contribution < 1.29 is 14.3 Å². The van der Waals surface area contributed by atoms with Crippen molar-refractivity contribution >= 4 is 39.3 Å². The summed E-state index contributed by atoms with van der Waals surface area (Å²) < 4.78 is 6.64. The first kappa shape index (κ1) is 25.6. The smallest absolute Gasteiger partial charge is 0.261 e. The lowest BCUT2D eigenvalue weighted by Crippen LogP contribution is -2.50. The van der Waals surface area contributed by atoms with Crippen molar-refractivity contribution in [3.63, 3.8) is 0 Å². The fraction of sp³-hybridized carbons (Fsp3) is 0.462. The monoisotopic (exact) mass is 534 g/mol. The van der Waals surface area contributed by atoms with Crippen molar-refractivity contribution in [2.45, 2.75) is 71.0 Å². The Morgan fingerprint density at radius 1 is 1.15 bits per heavy atom. The predicted molar refractivity (Wildman–Crippen MR) is 136 cm³/mol. The van der Waals surface area contributed by atoms with E-state index in [9.17, 15) is 9.59 Å². The topological polar surface area (TPSA) is 58.6 Å². The molecule has 2 aromatic rings. The van der Waals surface area contributed by atoms with Crippen LogP contribution in [0.2, 0.25) is 5.02 Å². The Kier molecular flexibility index (Phi) is 9.21. The molecule has 0 unspecified atom stereocenters. The Morgan fingerprint density at radius 3 is 2.52 bits per heavy atom. The number of benzene rings is 2. The van der Waals surface area contributed by atoms with Crippen molar-refractivity contribution in [1.29, 1.82) is 0 Å². The highest BCUT2D eigenvalue weighted by molar-refractivity contribution is 9.10. The van der Waals surface area contributed by atoms with Gasteiger partial charge in [0.25, 0.3) is 5.91 Å². The Morgan fingerprint density at radius 2 is 1.88 bits per heavy atom. The molecule has 5 nitrogen and oxygen atoms in total. The quantitative estimate of drug-likeness (QED) is 0.423. The van der Waals surface area contributed by atoms with Crippen LogP contribution in [0.25, 0.3) is 0 Å². The molecule has 1 saturated carbocycles.